The van der Waals surface area contributed by atoms with Gasteiger partial charge < -0.3 is 4.74 Å². The minimum Gasteiger partial charge on any atom is -0.489 e. The first-order valence-corrected chi connectivity index (χ1v) is 10.4. The molecule has 6 heteroatoms. The molecule has 1 fully saturated rings. The zero-order valence-electron chi connectivity index (χ0n) is 13.8. The highest BCUT2D eigenvalue weighted by Gasteiger charge is 2.19. The van der Waals surface area contributed by atoms with Crippen molar-refractivity contribution in [3.05, 3.63) is 65.7 Å². The van der Waals surface area contributed by atoms with E-state index in [9.17, 15) is 4.79 Å². The lowest BCUT2D eigenvalue weighted by Gasteiger charge is -2.25. The second-order valence-electron chi connectivity index (χ2n) is 5.62. The fraction of sp³-hybridized carbons (Fsp3) is 0.263. The van der Waals surface area contributed by atoms with E-state index in [0.717, 1.165) is 28.6 Å². The highest BCUT2D eigenvalue weighted by atomic mass is 32.2. The molecule has 0 bridgehead atoms. The van der Waals surface area contributed by atoms with Gasteiger partial charge in [-0.15, -0.1) is 11.8 Å². The number of carbonyl (C=O) groups excluding carboxylic acids is 1. The van der Waals surface area contributed by atoms with Crippen LogP contribution in [-0.4, -0.2) is 35.5 Å². The van der Waals surface area contributed by atoms with Crippen LogP contribution < -0.4 is 10.2 Å². The molecule has 0 radical (unpaired) electrons. The lowest BCUT2D eigenvalue weighted by atomic mass is 10.2. The highest BCUT2D eigenvalue weighted by molar-refractivity contribution is 8.00. The molecule has 1 saturated heterocycles. The SMILES string of the molecule is O=C(CSCc1ccccc1)N/N=C\c1ccc(OC2CSC2)cc1. The van der Waals surface area contributed by atoms with Crippen LogP contribution in [-0.2, 0) is 10.5 Å². The average molecular weight is 373 g/mol. The van der Waals surface area contributed by atoms with E-state index in [2.05, 4.69) is 22.7 Å². The standard InChI is InChI=1S/C19H20N2O2S2/c22-19(14-24-11-16-4-2-1-3-5-16)21-20-10-15-6-8-17(9-7-15)23-18-12-25-13-18/h1-10,18H,11-14H2,(H,21,22)/b20-10-. The maximum Gasteiger partial charge on any atom is 0.250 e. The quantitative estimate of drug-likeness (QED) is 0.569. The summed E-state index contributed by atoms with van der Waals surface area (Å²) in [5.41, 5.74) is 4.70. The summed E-state index contributed by atoms with van der Waals surface area (Å²) in [5.74, 6) is 4.12. The summed E-state index contributed by atoms with van der Waals surface area (Å²) in [4.78, 5) is 11.8. The number of nitrogens with one attached hydrogen (secondary N) is 1. The van der Waals surface area contributed by atoms with E-state index in [1.165, 1.54) is 5.56 Å². The number of thioether (sulfide) groups is 2. The zero-order valence-corrected chi connectivity index (χ0v) is 15.4. The van der Waals surface area contributed by atoms with Gasteiger partial charge in [-0.2, -0.15) is 16.9 Å². The number of ether oxygens (including phenoxy) is 1. The van der Waals surface area contributed by atoms with Crippen molar-refractivity contribution in [3.63, 3.8) is 0 Å². The van der Waals surface area contributed by atoms with Crippen molar-refractivity contribution in [2.45, 2.75) is 11.9 Å². The number of amides is 1. The van der Waals surface area contributed by atoms with E-state index in [-0.39, 0.29) is 5.91 Å². The van der Waals surface area contributed by atoms with Crippen molar-refractivity contribution < 1.29 is 9.53 Å². The van der Waals surface area contributed by atoms with Crippen molar-refractivity contribution >= 4 is 35.6 Å². The normalized spacial score (nSPS) is 14.2. The molecule has 2 aromatic carbocycles. The van der Waals surface area contributed by atoms with Gasteiger partial charge in [-0.1, -0.05) is 30.3 Å². The van der Waals surface area contributed by atoms with E-state index in [1.54, 1.807) is 18.0 Å². The van der Waals surface area contributed by atoms with Gasteiger partial charge in [0, 0.05) is 17.3 Å². The Morgan fingerprint density at radius 1 is 1.20 bits per heavy atom. The van der Waals surface area contributed by atoms with Crippen LogP contribution in [0.4, 0.5) is 0 Å². The number of hydrazone groups is 1. The van der Waals surface area contributed by atoms with Gasteiger partial charge in [-0.3, -0.25) is 4.79 Å². The van der Waals surface area contributed by atoms with Crippen LogP contribution in [0.5, 0.6) is 5.75 Å². The summed E-state index contributed by atoms with van der Waals surface area (Å²) >= 11 is 3.47. The van der Waals surface area contributed by atoms with Crippen LogP contribution in [0.3, 0.4) is 0 Å². The minimum absolute atomic E-state index is 0.0976. The maximum atomic E-state index is 11.8. The summed E-state index contributed by atoms with van der Waals surface area (Å²) in [6.07, 6.45) is 1.99. The number of rotatable bonds is 8. The van der Waals surface area contributed by atoms with Crippen molar-refractivity contribution in [1.29, 1.82) is 0 Å². The summed E-state index contributed by atoms with van der Waals surface area (Å²) in [6.45, 7) is 0. The second kappa shape index (κ2) is 9.53. The number of nitrogens with zero attached hydrogens (tertiary/aromatic N) is 1. The first-order chi connectivity index (χ1) is 12.3. The predicted molar refractivity (Wildman–Crippen MR) is 107 cm³/mol. The molecule has 0 unspecified atom stereocenters. The van der Waals surface area contributed by atoms with Gasteiger partial charge in [-0.25, -0.2) is 5.43 Å². The predicted octanol–water partition coefficient (Wildman–Crippen LogP) is 3.56. The first-order valence-electron chi connectivity index (χ1n) is 8.07. The van der Waals surface area contributed by atoms with Gasteiger partial charge in [0.15, 0.2) is 0 Å². The fourth-order valence-corrected chi connectivity index (χ4v) is 3.50. The monoisotopic (exact) mass is 372 g/mol. The van der Waals surface area contributed by atoms with Crippen LogP contribution >= 0.6 is 23.5 Å². The van der Waals surface area contributed by atoms with Gasteiger partial charge in [0.2, 0.25) is 5.91 Å². The molecule has 4 nitrogen and oxygen atoms in total. The van der Waals surface area contributed by atoms with E-state index < -0.39 is 0 Å². The third-order valence-electron chi connectivity index (χ3n) is 3.54. The molecule has 1 N–H and O–H groups in total. The Bertz CT molecular complexity index is 701. The molecule has 1 aliphatic rings. The summed E-state index contributed by atoms with van der Waals surface area (Å²) in [5, 5.41) is 4.00. The van der Waals surface area contributed by atoms with Gasteiger partial charge in [-0.05, 0) is 35.4 Å². The van der Waals surface area contributed by atoms with Crippen LogP contribution in [0.25, 0.3) is 0 Å². The molecule has 130 valence electrons. The van der Waals surface area contributed by atoms with Crippen molar-refractivity contribution in [3.8, 4) is 5.75 Å². The van der Waals surface area contributed by atoms with Crippen LogP contribution in [0.1, 0.15) is 11.1 Å². The summed E-state index contributed by atoms with van der Waals surface area (Å²) in [7, 11) is 0. The Labute approximate surface area is 156 Å². The number of hydrogen-bond acceptors (Lipinski definition) is 5. The van der Waals surface area contributed by atoms with E-state index in [0.29, 0.717) is 11.9 Å². The number of hydrogen-bond donors (Lipinski definition) is 1. The molecule has 1 heterocycles. The molecule has 3 rings (SSSR count). The van der Waals surface area contributed by atoms with E-state index in [1.807, 2.05) is 54.2 Å². The Morgan fingerprint density at radius 3 is 2.64 bits per heavy atom. The number of carbonyl (C=O) groups is 1. The third-order valence-corrected chi connectivity index (χ3v) is 5.76. The average Bonchev–Trinajstić information content (AvgIpc) is 2.60. The molecular weight excluding hydrogens is 352 g/mol. The molecule has 0 saturated carbocycles. The van der Waals surface area contributed by atoms with Crippen LogP contribution in [0.15, 0.2) is 59.7 Å². The largest absolute Gasteiger partial charge is 0.489 e. The lowest BCUT2D eigenvalue weighted by molar-refractivity contribution is -0.118. The fourth-order valence-electron chi connectivity index (χ4n) is 2.15. The molecule has 0 spiro atoms. The zero-order chi connectivity index (χ0) is 17.3. The maximum absolute atomic E-state index is 11.8. The lowest BCUT2D eigenvalue weighted by Crippen LogP contribution is -2.30. The topological polar surface area (TPSA) is 50.7 Å². The Balaban J connectivity index is 1.36. The Morgan fingerprint density at radius 2 is 1.96 bits per heavy atom. The number of benzene rings is 2. The molecule has 25 heavy (non-hydrogen) atoms. The van der Waals surface area contributed by atoms with Gasteiger partial charge in [0.1, 0.15) is 11.9 Å². The molecule has 0 aliphatic carbocycles. The molecule has 1 aliphatic heterocycles. The molecule has 0 aromatic heterocycles. The third kappa shape index (κ3) is 6.14. The van der Waals surface area contributed by atoms with Crippen molar-refractivity contribution in [2.24, 2.45) is 5.10 Å². The van der Waals surface area contributed by atoms with Crippen LogP contribution in [0.2, 0.25) is 0 Å². The van der Waals surface area contributed by atoms with E-state index >= 15 is 0 Å². The summed E-state index contributed by atoms with van der Waals surface area (Å²) < 4.78 is 5.79. The van der Waals surface area contributed by atoms with Crippen molar-refractivity contribution in [1.82, 2.24) is 5.43 Å². The van der Waals surface area contributed by atoms with Gasteiger partial charge >= 0.3 is 0 Å². The first kappa shape index (κ1) is 17.9. The van der Waals surface area contributed by atoms with Gasteiger partial charge in [0.25, 0.3) is 0 Å². The second-order valence-corrected chi connectivity index (χ2v) is 7.68. The minimum atomic E-state index is -0.0976. The Hall–Kier alpha value is -1.92. The van der Waals surface area contributed by atoms with Gasteiger partial charge in [0.05, 0.1) is 12.0 Å². The Kier molecular flexibility index (Phi) is 6.82. The van der Waals surface area contributed by atoms with Crippen LogP contribution in [0, 0.1) is 0 Å². The molecule has 1 amide bonds. The molecular formula is C19H20N2O2S2. The molecule has 2 aromatic rings. The van der Waals surface area contributed by atoms with E-state index in [4.69, 9.17) is 4.74 Å². The smallest absolute Gasteiger partial charge is 0.250 e. The highest BCUT2D eigenvalue weighted by Crippen LogP contribution is 2.23. The molecule has 0 atom stereocenters. The summed E-state index contributed by atoms with van der Waals surface area (Å²) in [6, 6.07) is 17.8. The van der Waals surface area contributed by atoms with Crippen molar-refractivity contribution in [2.75, 3.05) is 17.3 Å².